The van der Waals surface area contributed by atoms with E-state index in [0.717, 1.165) is 6.26 Å². The molecule has 1 aromatic carbocycles. The van der Waals surface area contributed by atoms with E-state index in [4.69, 9.17) is 32.7 Å². The Morgan fingerprint density at radius 2 is 1.96 bits per heavy atom. The van der Waals surface area contributed by atoms with Crippen molar-refractivity contribution >= 4 is 34.2 Å². The van der Waals surface area contributed by atoms with Gasteiger partial charge >= 0.3 is 12.0 Å². The summed E-state index contributed by atoms with van der Waals surface area (Å²) >= 11 is 12.1. The highest BCUT2D eigenvalue weighted by molar-refractivity contribution is 6.42. The molecule has 1 aliphatic rings. The van der Waals surface area contributed by atoms with Crippen LogP contribution in [-0.4, -0.2) is 27.3 Å². The average Bonchev–Trinajstić information content (AvgIpc) is 3.00. The lowest BCUT2D eigenvalue weighted by molar-refractivity contribution is -0.382. The third kappa shape index (κ3) is 3.11. The van der Waals surface area contributed by atoms with E-state index < -0.39 is 17.8 Å². The van der Waals surface area contributed by atoms with Crippen molar-refractivity contribution in [3.63, 3.8) is 0 Å². The van der Waals surface area contributed by atoms with Gasteiger partial charge in [-0.15, -0.1) is 0 Å². The molecule has 0 bridgehead atoms. The van der Waals surface area contributed by atoms with E-state index in [2.05, 4.69) is 9.97 Å². The number of pyridine rings is 1. The van der Waals surface area contributed by atoms with Gasteiger partial charge in [0.25, 0.3) is 0 Å². The van der Waals surface area contributed by atoms with Gasteiger partial charge in [-0.1, -0.05) is 29.3 Å². The Morgan fingerprint density at radius 3 is 2.61 bits per heavy atom. The van der Waals surface area contributed by atoms with Crippen LogP contribution in [0.3, 0.4) is 0 Å². The minimum absolute atomic E-state index is 0.00109. The van der Waals surface area contributed by atoms with Crippen molar-refractivity contribution in [3.05, 3.63) is 70.4 Å². The van der Waals surface area contributed by atoms with Gasteiger partial charge in [-0.05, 0) is 30.3 Å². The van der Waals surface area contributed by atoms with E-state index in [1.54, 1.807) is 24.4 Å². The third-order valence-electron chi connectivity index (χ3n) is 4.22. The highest BCUT2D eigenvalue weighted by Gasteiger charge is 2.64. The Kier molecular flexibility index (Phi) is 4.73. The van der Waals surface area contributed by atoms with Gasteiger partial charge in [0.05, 0.1) is 46.2 Å². The molecule has 0 fully saturated rings. The summed E-state index contributed by atoms with van der Waals surface area (Å²) in [6.45, 7) is -0.285. The van der Waals surface area contributed by atoms with E-state index in [-0.39, 0.29) is 28.7 Å². The zero-order valence-electron chi connectivity index (χ0n) is 14.1. The molecule has 0 saturated carbocycles. The molecule has 2 aromatic heterocycles. The van der Waals surface area contributed by atoms with Crippen molar-refractivity contribution in [2.24, 2.45) is 0 Å². The maximum Gasteiger partial charge on any atom is 0.464 e. The lowest BCUT2D eigenvalue weighted by Crippen LogP contribution is -2.49. The molecule has 0 aliphatic carbocycles. The predicted molar refractivity (Wildman–Crippen MR) is 97.0 cm³/mol. The smallest absolute Gasteiger partial charge is 0.456 e. The zero-order valence-corrected chi connectivity index (χ0v) is 15.6. The summed E-state index contributed by atoms with van der Waals surface area (Å²) in [7, 11) is 0. The van der Waals surface area contributed by atoms with Gasteiger partial charge in [-0.25, -0.2) is 4.98 Å². The first-order chi connectivity index (χ1) is 13.3. The number of imidazole rings is 1. The van der Waals surface area contributed by atoms with Crippen LogP contribution in [0.25, 0.3) is 11.0 Å². The summed E-state index contributed by atoms with van der Waals surface area (Å²) < 4.78 is 53.6. The molecule has 146 valence electrons. The van der Waals surface area contributed by atoms with E-state index in [1.165, 1.54) is 22.8 Å². The predicted octanol–water partition coefficient (Wildman–Crippen LogP) is 5.06. The van der Waals surface area contributed by atoms with Crippen LogP contribution in [0.4, 0.5) is 13.2 Å². The lowest BCUT2D eigenvalue weighted by atomic mass is 10.2. The molecule has 0 saturated heterocycles. The zero-order chi connectivity index (χ0) is 19.9. The normalized spacial score (nSPS) is 19.8. The summed E-state index contributed by atoms with van der Waals surface area (Å²) in [4.78, 5) is 8.35. The maximum absolute atomic E-state index is 14.1. The molecule has 28 heavy (non-hydrogen) atoms. The fourth-order valence-corrected chi connectivity index (χ4v) is 3.28. The number of alkyl halides is 3. The largest absolute Gasteiger partial charge is 0.464 e. The number of hydrogen-bond donors (Lipinski definition) is 0. The third-order valence-corrected chi connectivity index (χ3v) is 4.94. The maximum atomic E-state index is 14.1. The Hall–Kier alpha value is -2.29. The summed E-state index contributed by atoms with van der Waals surface area (Å²) in [5, 5.41) is 0.365. The van der Waals surface area contributed by atoms with E-state index >= 15 is 0 Å². The summed E-state index contributed by atoms with van der Waals surface area (Å²) in [5.74, 6) is -3.53. The van der Waals surface area contributed by atoms with Gasteiger partial charge in [0, 0.05) is 6.20 Å². The highest BCUT2D eigenvalue weighted by atomic mass is 35.5. The van der Waals surface area contributed by atoms with Crippen LogP contribution in [0.1, 0.15) is 11.5 Å². The van der Waals surface area contributed by atoms with Gasteiger partial charge in [-0.3, -0.25) is 4.98 Å². The van der Waals surface area contributed by atoms with Crippen molar-refractivity contribution in [3.8, 4) is 0 Å². The minimum atomic E-state index is -4.89. The van der Waals surface area contributed by atoms with Crippen LogP contribution in [0.5, 0.6) is 0 Å². The molecule has 1 aliphatic heterocycles. The number of benzene rings is 1. The second-order valence-electron chi connectivity index (χ2n) is 6.01. The summed E-state index contributed by atoms with van der Waals surface area (Å²) in [6.07, 6.45) is -1.05. The molecule has 0 N–H and O–H groups in total. The fraction of sp³-hybridized carbons (Fsp3) is 0.222. The van der Waals surface area contributed by atoms with Gasteiger partial charge in [0.2, 0.25) is 0 Å². The molecule has 4 rings (SSSR count). The quantitative estimate of drug-likeness (QED) is 0.583. The number of hydrogen-bond acceptors (Lipinski definition) is 4. The fourth-order valence-electron chi connectivity index (χ4n) is 2.96. The second kappa shape index (κ2) is 6.95. The number of rotatable bonds is 3. The second-order valence-corrected chi connectivity index (χ2v) is 6.83. The van der Waals surface area contributed by atoms with Crippen molar-refractivity contribution in [2.75, 3.05) is 6.61 Å². The molecule has 3 aromatic rings. The Bertz CT molecular complexity index is 1050. The molecule has 0 radical (unpaired) electrons. The highest BCUT2D eigenvalue weighted by Crippen LogP contribution is 2.45. The number of aromatic nitrogens is 3. The van der Waals surface area contributed by atoms with E-state index in [1.807, 2.05) is 0 Å². The number of nitrogens with zero attached hydrogens (tertiary/aromatic N) is 3. The SMILES string of the molecule is FC(F)(F)C1(c2nc3cc(Cl)c(Cl)cc3n2Cc2ccccn2)OC=CCO1. The summed E-state index contributed by atoms with van der Waals surface area (Å²) in [6, 6.07) is 8.00. The molecular weight excluding hydrogens is 418 g/mol. The Balaban J connectivity index is 1.99. The first-order valence-corrected chi connectivity index (χ1v) is 8.86. The van der Waals surface area contributed by atoms with E-state index in [0.29, 0.717) is 11.2 Å². The van der Waals surface area contributed by atoms with Crippen molar-refractivity contribution in [1.82, 2.24) is 14.5 Å². The molecule has 3 heterocycles. The minimum Gasteiger partial charge on any atom is -0.456 e. The van der Waals surface area contributed by atoms with Crippen molar-refractivity contribution < 1.29 is 22.6 Å². The number of halogens is 5. The first-order valence-electron chi connectivity index (χ1n) is 8.11. The van der Waals surface area contributed by atoms with Gasteiger partial charge < -0.3 is 14.0 Å². The first kappa shape index (κ1) is 19.0. The van der Waals surface area contributed by atoms with E-state index in [9.17, 15) is 13.2 Å². The number of fused-ring (bicyclic) bond motifs is 1. The molecule has 5 nitrogen and oxygen atoms in total. The van der Waals surface area contributed by atoms with Gasteiger partial charge in [0.15, 0.2) is 5.82 Å². The van der Waals surface area contributed by atoms with Gasteiger partial charge in [0.1, 0.15) is 0 Å². The molecule has 10 heteroatoms. The van der Waals surface area contributed by atoms with Crippen molar-refractivity contribution in [1.29, 1.82) is 0 Å². The van der Waals surface area contributed by atoms with Crippen LogP contribution in [0.15, 0.2) is 48.9 Å². The molecule has 0 amide bonds. The molecule has 0 spiro atoms. The monoisotopic (exact) mass is 429 g/mol. The van der Waals surface area contributed by atoms with Crippen LogP contribution < -0.4 is 0 Å². The van der Waals surface area contributed by atoms with Crippen LogP contribution in [0, 0.1) is 0 Å². The van der Waals surface area contributed by atoms with Crippen LogP contribution >= 0.6 is 23.2 Å². The van der Waals surface area contributed by atoms with Crippen molar-refractivity contribution in [2.45, 2.75) is 18.5 Å². The van der Waals surface area contributed by atoms with Gasteiger partial charge in [-0.2, -0.15) is 13.2 Å². The topological polar surface area (TPSA) is 49.2 Å². The molecular formula is C18H12Cl2F3N3O2. The standard InChI is InChI=1S/C18H12Cl2F3N3O2/c19-12-8-14-15(9-13(12)20)26(10-11-4-1-2-5-24-11)16(25-14)17(18(21,22)23)27-6-3-7-28-17/h1-6,8-9H,7,10H2. The average molecular weight is 430 g/mol. The lowest BCUT2D eigenvalue weighted by Gasteiger charge is -2.35. The Morgan fingerprint density at radius 1 is 1.18 bits per heavy atom. The molecule has 1 atom stereocenters. The Labute approximate surface area is 167 Å². The number of ether oxygens (including phenoxy) is 2. The van der Waals surface area contributed by atoms with Crippen LogP contribution in [0.2, 0.25) is 10.0 Å². The summed E-state index contributed by atoms with van der Waals surface area (Å²) in [5.41, 5.74) is 1.10. The van der Waals surface area contributed by atoms with Crippen LogP contribution in [-0.2, 0) is 21.8 Å². The molecule has 1 unspecified atom stereocenters.